The molecule has 26 heavy (non-hydrogen) atoms. The second-order valence-electron chi connectivity index (χ2n) is 5.51. The smallest absolute Gasteiger partial charge is 0.375 e. The quantitative estimate of drug-likeness (QED) is 0.708. The van der Waals surface area contributed by atoms with Gasteiger partial charge in [0.15, 0.2) is 11.5 Å². The SMILES string of the molecule is C[C@H](OC(=O)c1cc(=O)c2ccccc2o1)C(=O)Nc1ccc(Cl)cc1. The fraction of sp³-hybridized carbons (Fsp3) is 0.105. The number of halogens is 1. The molecule has 3 aromatic rings. The lowest BCUT2D eigenvalue weighted by Crippen LogP contribution is -2.30. The molecule has 0 aliphatic heterocycles. The van der Waals surface area contributed by atoms with Crippen LogP contribution in [-0.4, -0.2) is 18.0 Å². The summed E-state index contributed by atoms with van der Waals surface area (Å²) in [5.41, 5.74) is 0.418. The molecule has 1 heterocycles. The number of hydrogen-bond donors (Lipinski definition) is 1. The Kier molecular flexibility index (Phi) is 5.04. The summed E-state index contributed by atoms with van der Waals surface area (Å²) >= 11 is 5.78. The van der Waals surface area contributed by atoms with Gasteiger partial charge in [-0.25, -0.2) is 4.79 Å². The number of hydrogen-bond acceptors (Lipinski definition) is 5. The minimum absolute atomic E-state index is 0.264. The van der Waals surface area contributed by atoms with Crippen molar-refractivity contribution in [2.24, 2.45) is 0 Å². The highest BCUT2D eigenvalue weighted by atomic mass is 35.5. The van der Waals surface area contributed by atoms with E-state index in [4.69, 9.17) is 20.8 Å². The number of para-hydroxylation sites is 1. The fourth-order valence-corrected chi connectivity index (χ4v) is 2.38. The van der Waals surface area contributed by atoms with E-state index in [0.29, 0.717) is 16.1 Å². The van der Waals surface area contributed by atoms with E-state index in [1.54, 1.807) is 48.5 Å². The summed E-state index contributed by atoms with van der Waals surface area (Å²) in [4.78, 5) is 36.4. The summed E-state index contributed by atoms with van der Waals surface area (Å²) in [5, 5.41) is 3.49. The van der Waals surface area contributed by atoms with Crippen molar-refractivity contribution in [2.45, 2.75) is 13.0 Å². The van der Waals surface area contributed by atoms with Crippen LogP contribution in [-0.2, 0) is 9.53 Å². The maximum atomic E-state index is 12.2. The number of fused-ring (bicyclic) bond motifs is 1. The maximum Gasteiger partial charge on any atom is 0.375 e. The van der Waals surface area contributed by atoms with Crippen LogP contribution in [0.4, 0.5) is 5.69 Å². The van der Waals surface area contributed by atoms with Crippen molar-refractivity contribution >= 4 is 40.1 Å². The number of benzene rings is 2. The van der Waals surface area contributed by atoms with Gasteiger partial charge >= 0.3 is 5.97 Å². The van der Waals surface area contributed by atoms with Crippen LogP contribution in [0.25, 0.3) is 11.0 Å². The zero-order valence-corrected chi connectivity index (χ0v) is 14.4. The molecule has 6 nitrogen and oxygen atoms in total. The second-order valence-corrected chi connectivity index (χ2v) is 5.95. The third-order valence-corrected chi connectivity index (χ3v) is 3.85. The monoisotopic (exact) mass is 371 g/mol. The molecule has 0 aliphatic carbocycles. The van der Waals surface area contributed by atoms with Crippen LogP contribution in [0.15, 0.2) is 63.8 Å². The van der Waals surface area contributed by atoms with Gasteiger partial charge < -0.3 is 14.5 Å². The molecule has 0 saturated carbocycles. The number of carbonyl (C=O) groups is 2. The standard InChI is InChI=1S/C19H14ClNO5/c1-11(18(23)21-13-8-6-12(20)7-9-13)25-19(24)17-10-15(22)14-4-2-3-5-16(14)26-17/h2-11H,1H3,(H,21,23)/t11-/m0/s1. The van der Waals surface area contributed by atoms with Gasteiger partial charge in [0.1, 0.15) is 5.58 Å². The molecule has 0 spiro atoms. The van der Waals surface area contributed by atoms with Crippen LogP contribution in [0.3, 0.4) is 0 Å². The Balaban J connectivity index is 1.71. The van der Waals surface area contributed by atoms with Crippen LogP contribution in [0.5, 0.6) is 0 Å². The Morgan fingerprint density at radius 1 is 1.12 bits per heavy atom. The highest BCUT2D eigenvalue weighted by Crippen LogP contribution is 2.15. The van der Waals surface area contributed by atoms with Gasteiger partial charge in [0.25, 0.3) is 5.91 Å². The third kappa shape index (κ3) is 3.92. The van der Waals surface area contributed by atoms with Gasteiger partial charge in [-0.3, -0.25) is 9.59 Å². The number of esters is 1. The minimum Gasteiger partial charge on any atom is -0.449 e. The molecular formula is C19H14ClNO5. The van der Waals surface area contributed by atoms with Gasteiger partial charge in [-0.15, -0.1) is 0 Å². The van der Waals surface area contributed by atoms with Crippen molar-refractivity contribution in [1.29, 1.82) is 0 Å². The summed E-state index contributed by atoms with van der Waals surface area (Å²) in [6.07, 6.45) is -1.09. The van der Waals surface area contributed by atoms with E-state index in [-0.39, 0.29) is 16.8 Å². The molecular weight excluding hydrogens is 358 g/mol. The van der Waals surface area contributed by atoms with E-state index in [0.717, 1.165) is 6.07 Å². The van der Waals surface area contributed by atoms with Crippen LogP contribution < -0.4 is 10.7 Å². The summed E-state index contributed by atoms with van der Waals surface area (Å²) < 4.78 is 10.5. The molecule has 0 saturated heterocycles. The number of ether oxygens (including phenoxy) is 1. The Labute approximate surface area is 153 Å². The Hall–Kier alpha value is -3.12. The average Bonchev–Trinajstić information content (AvgIpc) is 2.63. The Bertz CT molecular complexity index is 1030. The van der Waals surface area contributed by atoms with Gasteiger partial charge in [0.05, 0.1) is 5.39 Å². The fourth-order valence-electron chi connectivity index (χ4n) is 2.25. The van der Waals surface area contributed by atoms with Crippen LogP contribution >= 0.6 is 11.6 Å². The zero-order chi connectivity index (χ0) is 18.7. The number of amides is 1. The second kappa shape index (κ2) is 7.41. The first kappa shape index (κ1) is 17.7. The molecule has 1 aromatic heterocycles. The first-order valence-electron chi connectivity index (χ1n) is 7.74. The number of anilines is 1. The maximum absolute atomic E-state index is 12.2. The molecule has 132 valence electrons. The van der Waals surface area contributed by atoms with E-state index in [1.165, 1.54) is 6.92 Å². The number of nitrogens with one attached hydrogen (secondary N) is 1. The van der Waals surface area contributed by atoms with Gasteiger partial charge in [-0.05, 0) is 43.3 Å². The average molecular weight is 372 g/mol. The molecule has 0 bridgehead atoms. The summed E-state index contributed by atoms with van der Waals surface area (Å²) in [6, 6.07) is 14.1. The molecule has 3 rings (SSSR count). The van der Waals surface area contributed by atoms with Gasteiger partial charge in [-0.2, -0.15) is 0 Å². The first-order valence-corrected chi connectivity index (χ1v) is 8.12. The third-order valence-electron chi connectivity index (χ3n) is 3.60. The van der Waals surface area contributed by atoms with Gasteiger partial charge in [0.2, 0.25) is 5.76 Å². The van der Waals surface area contributed by atoms with Crippen LogP contribution in [0.1, 0.15) is 17.5 Å². The topological polar surface area (TPSA) is 85.6 Å². The largest absolute Gasteiger partial charge is 0.449 e. The lowest BCUT2D eigenvalue weighted by Gasteiger charge is -2.13. The summed E-state index contributed by atoms with van der Waals surface area (Å²) in [7, 11) is 0. The zero-order valence-electron chi connectivity index (χ0n) is 13.7. The van der Waals surface area contributed by atoms with Gasteiger partial charge in [-0.1, -0.05) is 23.7 Å². The van der Waals surface area contributed by atoms with E-state index in [2.05, 4.69) is 5.32 Å². The highest BCUT2D eigenvalue weighted by molar-refractivity contribution is 6.30. The minimum atomic E-state index is -1.09. The van der Waals surface area contributed by atoms with Gasteiger partial charge in [0, 0.05) is 16.8 Å². The number of carbonyl (C=O) groups excluding carboxylic acids is 2. The first-order chi connectivity index (χ1) is 12.4. The molecule has 0 aliphatic rings. The van der Waals surface area contributed by atoms with Crippen LogP contribution in [0.2, 0.25) is 5.02 Å². The molecule has 7 heteroatoms. The predicted molar refractivity (Wildman–Crippen MR) is 97.4 cm³/mol. The predicted octanol–water partition coefficient (Wildman–Crippen LogP) is 3.63. The molecule has 1 amide bonds. The summed E-state index contributed by atoms with van der Waals surface area (Å²) in [6.45, 7) is 1.42. The van der Waals surface area contributed by atoms with E-state index >= 15 is 0 Å². The molecule has 1 N–H and O–H groups in total. The van der Waals surface area contributed by atoms with Crippen molar-refractivity contribution < 1.29 is 18.7 Å². The highest BCUT2D eigenvalue weighted by Gasteiger charge is 2.21. The molecule has 0 fully saturated rings. The lowest BCUT2D eigenvalue weighted by molar-refractivity contribution is -0.123. The molecule has 2 aromatic carbocycles. The van der Waals surface area contributed by atoms with Crippen molar-refractivity contribution in [1.82, 2.24) is 0 Å². The lowest BCUT2D eigenvalue weighted by atomic mass is 10.2. The molecule has 0 unspecified atom stereocenters. The van der Waals surface area contributed by atoms with Crippen molar-refractivity contribution in [2.75, 3.05) is 5.32 Å². The van der Waals surface area contributed by atoms with E-state index < -0.39 is 18.0 Å². The Morgan fingerprint density at radius 2 is 1.81 bits per heavy atom. The number of rotatable bonds is 4. The van der Waals surface area contributed by atoms with Crippen molar-refractivity contribution in [3.05, 3.63) is 75.6 Å². The van der Waals surface area contributed by atoms with Crippen LogP contribution in [0, 0.1) is 0 Å². The van der Waals surface area contributed by atoms with E-state index in [1.807, 2.05) is 0 Å². The normalized spacial score (nSPS) is 11.8. The summed E-state index contributed by atoms with van der Waals surface area (Å²) in [5.74, 6) is -1.68. The Morgan fingerprint density at radius 3 is 2.54 bits per heavy atom. The van der Waals surface area contributed by atoms with Crippen molar-refractivity contribution in [3.8, 4) is 0 Å². The van der Waals surface area contributed by atoms with E-state index in [9.17, 15) is 14.4 Å². The molecule has 0 radical (unpaired) electrons. The van der Waals surface area contributed by atoms with Crippen molar-refractivity contribution in [3.63, 3.8) is 0 Å². The molecule has 1 atom stereocenters.